The van der Waals surface area contributed by atoms with Crippen LogP contribution in [0.3, 0.4) is 0 Å². The van der Waals surface area contributed by atoms with Gasteiger partial charge in [-0.3, -0.25) is 0 Å². The normalized spacial score (nSPS) is 14.9. The van der Waals surface area contributed by atoms with Crippen molar-refractivity contribution in [3.8, 4) is 0 Å². The molecule has 0 aromatic heterocycles. The highest BCUT2D eigenvalue weighted by atomic mass is 79.9. The molecule has 0 fully saturated rings. The fourth-order valence-electron chi connectivity index (χ4n) is 0.931. The molecule has 15 heavy (non-hydrogen) atoms. The first-order valence-corrected chi connectivity index (χ1v) is 9.80. The minimum absolute atomic E-state index is 0.208. The van der Waals surface area contributed by atoms with Crippen molar-refractivity contribution in [3.63, 3.8) is 0 Å². The highest BCUT2D eigenvalue weighted by Gasteiger charge is 2.38. The Kier molecular flexibility index (Phi) is 6.34. The Morgan fingerprint density at radius 3 is 2.07 bits per heavy atom. The van der Waals surface area contributed by atoms with Gasteiger partial charge in [-0.1, -0.05) is 27.7 Å². The van der Waals surface area contributed by atoms with Gasteiger partial charge in [0.1, 0.15) is 0 Å². The summed E-state index contributed by atoms with van der Waals surface area (Å²) in [5.41, 5.74) is 0. The van der Waals surface area contributed by atoms with Crippen molar-refractivity contribution in [1.29, 1.82) is 0 Å². The highest BCUT2D eigenvalue weighted by molar-refractivity contribution is 9.28. The second-order valence-electron chi connectivity index (χ2n) is 5.28. The molecule has 90 valence electrons. The summed E-state index contributed by atoms with van der Waals surface area (Å²) in [5.74, 6) is 0. The minimum atomic E-state index is -1.64. The standard InChI is InChI=1S/C11H22Br2OSi/c1-7-9(8-10(12)13)14-15(5,6)11(2,3)4/h8-9H,7H2,1-6H3/t9-/m0/s1. The predicted octanol–water partition coefficient (Wildman–Crippen LogP) is 5.42. The van der Waals surface area contributed by atoms with E-state index in [1.54, 1.807) is 0 Å². The van der Waals surface area contributed by atoms with E-state index < -0.39 is 8.32 Å². The van der Waals surface area contributed by atoms with E-state index in [0.29, 0.717) is 0 Å². The van der Waals surface area contributed by atoms with Crippen LogP contribution in [0, 0.1) is 0 Å². The summed E-state index contributed by atoms with van der Waals surface area (Å²) in [6.07, 6.45) is 3.30. The molecule has 0 aromatic rings. The van der Waals surface area contributed by atoms with E-state index in [-0.39, 0.29) is 11.1 Å². The molecule has 0 rings (SSSR count). The van der Waals surface area contributed by atoms with Crippen molar-refractivity contribution in [2.75, 3.05) is 0 Å². The fraction of sp³-hybridized carbons (Fsp3) is 0.818. The molecule has 0 N–H and O–H groups in total. The molecule has 0 bridgehead atoms. The highest BCUT2D eigenvalue weighted by Crippen LogP contribution is 2.38. The molecule has 0 spiro atoms. The van der Waals surface area contributed by atoms with Crippen LogP contribution in [0.2, 0.25) is 18.1 Å². The van der Waals surface area contributed by atoms with Crippen LogP contribution in [0.25, 0.3) is 0 Å². The van der Waals surface area contributed by atoms with Gasteiger partial charge in [-0.05, 0) is 62.5 Å². The first-order valence-electron chi connectivity index (χ1n) is 5.31. The summed E-state index contributed by atoms with van der Waals surface area (Å²) in [5, 5.41) is 0.271. The summed E-state index contributed by atoms with van der Waals surface area (Å²) < 4.78 is 7.24. The topological polar surface area (TPSA) is 9.23 Å². The van der Waals surface area contributed by atoms with Crippen LogP contribution in [0.15, 0.2) is 9.47 Å². The lowest BCUT2D eigenvalue weighted by molar-refractivity contribution is 0.221. The van der Waals surface area contributed by atoms with Gasteiger partial charge in [0, 0.05) is 0 Å². The van der Waals surface area contributed by atoms with Crippen LogP contribution >= 0.6 is 31.9 Å². The van der Waals surface area contributed by atoms with Crippen LogP contribution < -0.4 is 0 Å². The molecule has 0 saturated carbocycles. The van der Waals surface area contributed by atoms with Gasteiger partial charge in [0.15, 0.2) is 8.32 Å². The van der Waals surface area contributed by atoms with Gasteiger partial charge in [0.05, 0.1) is 9.50 Å². The Hall–Kier alpha value is 0.877. The molecule has 0 heterocycles. The Morgan fingerprint density at radius 1 is 1.33 bits per heavy atom. The van der Waals surface area contributed by atoms with E-state index in [9.17, 15) is 0 Å². The maximum Gasteiger partial charge on any atom is 0.192 e. The summed E-state index contributed by atoms with van der Waals surface area (Å²) >= 11 is 6.77. The zero-order valence-electron chi connectivity index (χ0n) is 10.5. The van der Waals surface area contributed by atoms with Crippen molar-refractivity contribution in [1.82, 2.24) is 0 Å². The van der Waals surface area contributed by atoms with Crippen LogP contribution in [0.5, 0.6) is 0 Å². The summed E-state index contributed by atoms with van der Waals surface area (Å²) in [7, 11) is -1.64. The van der Waals surface area contributed by atoms with Crippen molar-refractivity contribution in [2.45, 2.75) is 58.4 Å². The third kappa shape index (κ3) is 5.66. The molecule has 0 saturated heterocycles. The fourth-order valence-corrected chi connectivity index (χ4v) is 2.87. The molecule has 1 atom stereocenters. The van der Waals surface area contributed by atoms with E-state index in [1.165, 1.54) is 0 Å². The second-order valence-corrected chi connectivity index (χ2v) is 12.8. The van der Waals surface area contributed by atoms with E-state index in [4.69, 9.17) is 4.43 Å². The second kappa shape index (κ2) is 5.99. The van der Waals surface area contributed by atoms with Crippen molar-refractivity contribution in [3.05, 3.63) is 9.47 Å². The molecular weight excluding hydrogens is 336 g/mol. The van der Waals surface area contributed by atoms with Crippen LogP contribution in [-0.4, -0.2) is 14.4 Å². The SMILES string of the molecule is CC[C@@H](C=C(Br)Br)O[Si](C)(C)C(C)(C)C. The molecule has 0 unspecified atom stereocenters. The van der Waals surface area contributed by atoms with Crippen LogP contribution in [0.4, 0.5) is 0 Å². The van der Waals surface area contributed by atoms with Crippen molar-refractivity contribution in [2.24, 2.45) is 0 Å². The van der Waals surface area contributed by atoms with E-state index in [1.807, 2.05) is 0 Å². The maximum absolute atomic E-state index is 6.26. The molecule has 0 radical (unpaired) electrons. The molecule has 0 aliphatic heterocycles. The average molecular weight is 358 g/mol. The molecule has 0 aliphatic rings. The van der Waals surface area contributed by atoms with Gasteiger partial charge < -0.3 is 4.43 Å². The monoisotopic (exact) mass is 356 g/mol. The molecule has 1 nitrogen and oxygen atoms in total. The zero-order chi connectivity index (χ0) is 12.3. The maximum atomic E-state index is 6.26. The Balaban J connectivity index is 4.62. The molecular formula is C11H22Br2OSi. The number of halogens is 2. The lowest BCUT2D eigenvalue weighted by atomic mass is 10.2. The molecule has 0 aromatic carbocycles. The van der Waals surface area contributed by atoms with E-state index >= 15 is 0 Å². The summed E-state index contributed by atoms with van der Waals surface area (Å²) in [4.78, 5) is 0. The lowest BCUT2D eigenvalue weighted by Gasteiger charge is -2.38. The summed E-state index contributed by atoms with van der Waals surface area (Å²) in [6, 6.07) is 0. The third-order valence-corrected chi connectivity index (χ3v) is 8.00. The smallest absolute Gasteiger partial charge is 0.192 e. The average Bonchev–Trinajstić information content (AvgIpc) is 1.99. The van der Waals surface area contributed by atoms with Crippen LogP contribution in [-0.2, 0) is 4.43 Å². The van der Waals surface area contributed by atoms with Gasteiger partial charge in [0.2, 0.25) is 0 Å². The Morgan fingerprint density at radius 2 is 1.80 bits per heavy atom. The quantitative estimate of drug-likeness (QED) is 0.610. The number of hydrogen-bond acceptors (Lipinski definition) is 1. The molecule has 4 heteroatoms. The third-order valence-electron chi connectivity index (χ3n) is 2.97. The van der Waals surface area contributed by atoms with Crippen LogP contribution in [0.1, 0.15) is 34.1 Å². The predicted molar refractivity (Wildman–Crippen MR) is 78.3 cm³/mol. The van der Waals surface area contributed by atoms with Crippen molar-refractivity contribution < 1.29 is 4.43 Å². The minimum Gasteiger partial charge on any atom is -0.411 e. The van der Waals surface area contributed by atoms with E-state index in [2.05, 4.69) is 78.7 Å². The summed E-state index contributed by atoms with van der Waals surface area (Å²) in [6.45, 7) is 13.5. The van der Waals surface area contributed by atoms with Gasteiger partial charge >= 0.3 is 0 Å². The largest absolute Gasteiger partial charge is 0.411 e. The number of hydrogen-bond donors (Lipinski definition) is 0. The van der Waals surface area contributed by atoms with Gasteiger partial charge in [-0.25, -0.2) is 0 Å². The van der Waals surface area contributed by atoms with E-state index in [0.717, 1.165) is 9.81 Å². The first kappa shape index (κ1) is 15.9. The zero-order valence-corrected chi connectivity index (χ0v) is 14.7. The van der Waals surface area contributed by atoms with Gasteiger partial charge in [-0.2, -0.15) is 0 Å². The van der Waals surface area contributed by atoms with Gasteiger partial charge in [0.25, 0.3) is 0 Å². The Bertz CT molecular complexity index is 227. The molecule has 0 amide bonds. The van der Waals surface area contributed by atoms with Gasteiger partial charge in [-0.15, -0.1) is 0 Å². The lowest BCUT2D eigenvalue weighted by Crippen LogP contribution is -2.43. The molecule has 0 aliphatic carbocycles. The van der Waals surface area contributed by atoms with Crippen molar-refractivity contribution >= 4 is 40.2 Å². The first-order chi connectivity index (χ1) is 6.60. The number of rotatable bonds is 4. The Labute approximate surface area is 112 Å².